The molecule has 0 saturated carbocycles. The summed E-state index contributed by atoms with van der Waals surface area (Å²) in [6.45, 7) is 0. The smallest absolute Gasteiger partial charge is 0.198 e. The fraction of sp³-hybridized carbons (Fsp3) is 0. The van der Waals surface area contributed by atoms with Crippen LogP contribution in [0.5, 0.6) is 5.75 Å². The summed E-state index contributed by atoms with van der Waals surface area (Å²) in [6.07, 6.45) is 0. The van der Waals surface area contributed by atoms with Crippen LogP contribution in [-0.2, 0) is 5.11 Å². The van der Waals surface area contributed by atoms with Gasteiger partial charge in [-0.25, -0.2) is 4.39 Å². The van der Waals surface area contributed by atoms with Crippen LogP contribution in [0.2, 0.25) is 5.02 Å². The minimum atomic E-state index is -0.524. The van der Waals surface area contributed by atoms with E-state index in [0.717, 1.165) is 12.1 Å². The van der Waals surface area contributed by atoms with Crippen LogP contribution in [-0.4, -0.2) is 0 Å². The van der Waals surface area contributed by atoms with Crippen molar-refractivity contribution >= 4 is 27.5 Å². The molecule has 0 aliphatic heterocycles. The number of hydrogen-bond donors (Lipinski definition) is 0. The molecule has 0 heterocycles. The van der Waals surface area contributed by atoms with Crippen molar-refractivity contribution in [2.24, 2.45) is 0 Å². The van der Waals surface area contributed by atoms with Crippen molar-refractivity contribution in [3.8, 4) is 5.75 Å². The first kappa shape index (κ1) is 7.82. The van der Waals surface area contributed by atoms with Crippen molar-refractivity contribution in [2.45, 2.75) is 0 Å². The number of benzene rings is 1. The van der Waals surface area contributed by atoms with Crippen LogP contribution in [0.1, 0.15) is 0 Å². The van der Waals surface area contributed by atoms with E-state index >= 15 is 0 Å². The van der Waals surface area contributed by atoms with Gasteiger partial charge in [-0.05, 0) is 22.0 Å². The number of halogens is 3. The Kier molecular flexibility index (Phi) is 2.16. The molecule has 0 spiro atoms. The van der Waals surface area contributed by atoms with Crippen LogP contribution in [0.3, 0.4) is 0 Å². The molecule has 4 heteroatoms. The Morgan fingerprint density at radius 2 is 2.10 bits per heavy atom. The first-order chi connectivity index (χ1) is 4.61. The molecule has 0 aliphatic carbocycles. The summed E-state index contributed by atoms with van der Waals surface area (Å²) in [6, 6.07) is 2.08. The Morgan fingerprint density at radius 3 is 2.60 bits per heavy atom. The molecule has 0 fully saturated rings. The Balaban J connectivity index is 3.28. The minimum Gasteiger partial charge on any atom is -0.288 e. The summed E-state index contributed by atoms with van der Waals surface area (Å²) >= 11 is 8.16. The van der Waals surface area contributed by atoms with Crippen molar-refractivity contribution in [3.63, 3.8) is 0 Å². The molecule has 1 radical (unpaired) electrons. The maximum absolute atomic E-state index is 12.5. The van der Waals surface area contributed by atoms with Crippen LogP contribution in [0, 0.1) is 5.82 Å². The van der Waals surface area contributed by atoms with Gasteiger partial charge in [0, 0.05) is 6.07 Å². The molecule has 0 aromatic heterocycles. The highest BCUT2D eigenvalue weighted by molar-refractivity contribution is 9.10. The van der Waals surface area contributed by atoms with Gasteiger partial charge in [0.15, 0.2) is 5.75 Å². The van der Waals surface area contributed by atoms with E-state index in [2.05, 4.69) is 15.9 Å². The van der Waals surface area contributed by atoms with Crippen LogP contribution in [0.4, 0.5) is 4.39 Å². The van der Waals surface area contributed by atoms with Gasteiger partial charge in [0.05, 0.1) is 9.50 Å². The summed E-state index contributed by atoms with van der Waals surface area (Å²) in [7, 11) is 0. The highest BCUT2D eigenvalue weighted by atomic mass is 79.9. The largest absolute Gasteiger partial charge is 0.288 e. The predicted octanol–water partition coefficient (Wildman–Crippen LogP) is 3.39. The van der Waals surface area contributed by atoms with Gasteiger partial charge in [-0.1, -0.05) is 11.6 Å². The van der Waals surface area contributed by atoms with E-state index in [1.807, 2.05) is 0 Å². The first-order valence-electron chi connectivity index (χ1n) is 2.43. The van der Waals surface area contributed by atoms with Crippen LogP contribution < -0.4 is 0 Å². The van der Waals surface area contributed by atoms with E-state index in [-0.39, 0.29) is 15.2 Å². The fourth-order valence-electron chi connectivity index (χ4n) is 0.504. The van der Waals surface area contributed by atoms with Crippen molar-refractivity contribution in [3.05, 3.63) is 27.4 Å². The van der Waals surface area contributed by atoms with Gasteiger partial charge < -0.3 is 0 Å². The van der Waals surface area contributed by atoms with Gasteiger partial charge in [0.25, 0.3) is 0 Å². The highest BCUT2D eigenvalue weighted by Crippen LogP contribution is 2.29. The lowest BCUT2D eigenvalue weighted by Crippen LogP contribution is -1.75. The minimum absolute atomic E-state index is 0.0966. The third kappa shape index (κ3) is 1.41. The van der Waals surface area contributed by atoms with Gasteiger partial charge in [-0.2, -0.15) is 0 Å². The van der Waals surface area contributed by atoms with Crippen molar-refractivity contribution in [2.75, 3.05) is 0 Å². The maximum atomic E-state index is 12.5. The Morgan fingerprint density at radius 1 is 1.50 bits per heavy atom. The van der Waals surface area contributed by atoms with Crippen molar-refractivity contribution in [1.82, 2.24) is 0 Å². The summed E-state index contributed by atoms with van der Waals surface area (Å²) in [5.41, 5.74) is 0. The lowest BCUT2D eigenvalue weighted by Gasteiger charge is -1.94. The number of rotatable bonds is 0. The van der Waals surface area contributed by atoms with E-state index in [0.29, 0.717) is 0 Å². The summed E-state index contributed by atoms with van der Waals surface area (Å²) in [4.78, 5) is 0. The average Bonchev–Trinajstić information content (AvgIpc) is 1.84. The van der Waals surface area contributed by atoms with Gasteiger partial charge in [0.1, 0.15) is 5.82 Å². The zero-order valence-corrected chi connectivity index (χ0v) is 7.04. The molecule has 0 amide bonds. The molecule has 0 atom stereocenters. The molecule has 53 valence electrons. The quantitative estimate of drug-likeness (QED) is 0.602. The molecule has 10 heavy (non-hydrogen) atoms. The molecule has 0 saturated heterocycles. The second-order valence-electron chi connectivity index (χ2n) is 1.70. The van der Waals surface area contributed by atoms with Crippen LogP contribution >= 0.6 is 27.5 Å². The fourth-order valence-corrected chi connectivity index (χ4v) is 0.977. The topological polar surface area (TPSA) is 19.9 Å². The molecular weight excluding hydrogens is 222 g/mol. The van der Waals surface area contributed by atoms with Crippen molar-refractivity contribution < 1.29 is 9.50 Å². The molecule has 0 unspecified atom stereocenters. The zero-order chi connectivity index (χ0) is 7.72. The summed E-state index contributed by atoms with van der Waals surface area (Å²) < 4.78 is 12.6. The molecular formula is C6H2BrClFO. The van der Waals surface area contributed by atoms with E-state index in [9.17, 15) is 9.50 Å². The SMILES string of the molecule is [O]c1cc(Br)c(F)cc1Cl. The highest BCUT2D eigenvalue weighted by Gasteiger charge is 2.05. The van der Waals surface area contributed by atoms with E-state index in [4.69, 9.17) is 11.6 Å². The molecule has 1 rings (SSSR count). The Labute approximate surface area is 70.6 Å². The summed E-state index contributed by atoms with van der Waals surface area (Å²) in [5.74, 6) is -0.903. The number of hydrogen-bond acceptors (Lipinski definition) is 0. The third-order valence-corrected chi connectivity index (χ3v) is 1.88. The lowest BCUT2D eigenvalue weighted by atomic mass is 10.3. The third-order valence-electron chi connectivity index (χ3n) is 0.975. The van der Waals surface area contributed by atoms with Crippen LogP contribution in [0.25, 0.3) is 0 Å². The second kappa shape index (κ2) is 2.76. The first-order valence-corrected chi connectivity index (χ1v) is 3.60. The molecule has 0 N–H and O–H groups in total. The Bertz CT molecular complexity index is 214. The molecule has 0 aliphatic rings. The van der Waals surface area contributed by atoms with Gasteiger partial charge in [-0.15, -0.1) is 0 Å². The van der Waals surface area contributed by atoms with Crippen molar-refractivity contribution in [1.29, 1.82) is 0 Å². The van der Waals surface area contributed by atoms with Gasteiger partial charge in [0.2, 0.25) is 0 Å². The molecule has 1 nitrogen and oxygen atoms in total. The molecule has 1 aromatic carbocycles. The molecule has 0 bridgehead atoms. The predicted molar refractivity (Wildman–Crippen MR) is 39.2 cm³/mol. The average molecular weight is 224 g/mol. The maximum Gasteiger partial charge on any atom is 0.198 e. The van der Waals surface area contributed by atoms with Crippen LogP contribution in [0.15, 0.2) is 16.6 Å². The zero-order valence-electron chi connectivity index (χ0n) is 4.70. The molecule has 1 aromatic rings. The van der Waals surface area contributed by atoms with E-state index in [1.165, 1.54) is 0 Å². The van der Waals surface area contributed by atoms with Gasteiger partial charge >= 0.3 is 0 Å². The lowest BCUT2D eigenvalue weighted by molar-refractivity contribution is 0.354. The monoisotopic (exact) mass is 223 g/mol. The van der Waals surface area contributed by atoms with E-state index in [1.54, 1.807) is 0 Å². The van der Waals surface area contributed by atoms with E-state index < -0.39 is 5.82 Å². The Hall–Kier alpha value is -0.280. The standard InChI is InChI=1S/C6H2BrClFO/c7-3-1-6(10)4(8)2-5(3)9/h1-2H. The normalized spacial score (nSPS) is 9.90. The summed E-state index contributed by atoms with van der Waals surface area (Å²) in [5, 5.41) is 10.6. The van der Waals surface area contributed by atoms with Gasteiger partial charge in [-0.3, -0.25) is 5.11 Å². The second-order valence-corrected chi connectivity index (χ2v) is 2.96.